The molecule has 11 heteroatoms. The highest BCUT2D eigenvalue weighted by molar-refractivity contribution is 6.02. The first-order valence-electron chi connectivity index (χ1n) is 11.9. The van der Waals surface area contributed by atoms with Crippen molar-refractivity contribution in [2.75, 3.05) is 29.6 Å². The van der Waals surface area contributed by atoms with Gasteiger partial charge in [-0.25, -0.2) is 9.37 Å². The fraction of sp³-hybridized carbons (Fsp3) is 0.318. The molecule has 2 amide bonds. The van der Waals surface area contributed by atoms with Gasteiger partial charge in [0.15, 0.2) is 11.6 Å². The number of nitrogens with one attached hydrogen (secondary N) is 3. The Morgan fingerprint density at radius 2 is 2.06 bits per heavy atom. The first-order valence-corrected chi connectivity index (χ1v) is 10.4. The molecule has 1 aliphatic heterocycles. The van der Waals surface area contributed by atoms with Crippen LogP contribution in [0.5, 0.6) is 0 Å². The molecule has 1 saturated carbocycles. The van der Waals surface area contributed by atoms with Crippen LogP contribution in [-0.2, 0) is 18.4 Å². The van der Waals surface area contributed by atoms with Crippen LogP contribution >= 0.6 is 0 Å². The average Bonchev–Trinajstić information content (AvgIpc) is 3.57. The number of fused-ring (bicyclic) bond motifs is 3. The second-order valence-corrected chi connectivity index (χ2v) is 8.09. The van der Waals surface area contributed by atoms with Crippen molar-refractivity contribution in [2.45, 2.75) is 19.4 Å². The molecule has 0 atom stereocenters. The van der Waals surface area contributed by atoms with Gasteiger partial charge in [-0.3, -0.25) is 9.59 Å². The topological polar surface area (TPSA) is 117 Å². The van der Waals surface area contributed by atoms with E-state index in [1.54, 1.807) is 19.2 Å². The van der Waals surface area contributed by atoms with Crippen LogP contribution in [0.1, 0.15) is 33.0 Å². The molecule has 3 heterocycles. The SMILES string of the molecule is [2H]C([2H])([2H])NC(=O)c1cnc(NC(=O)C2CC2)c(F)c1Nc1cccc2c1N(C)Cc1nn(C)nc1-2. The van der Waals surface area contributed by atoms with Crippen molar-refractivity contribution < 1.29 is 18.1 Å². The number of nitrogens with zero attached hydrogens (tertiary/aromatic N) is 5. The van der Waals surface area contributed by atoms with Crippen molar-refractivity contribution >= 4 is 34.7 Å². The summed E-state index contributed by atoms with van der Waals surface area (Å²) in [6, 6.07) is 5.30. The number of anilines is 4. The van der Waals surface area contributed by atoms with Gasteiger partial charge in [0.2, 0.25) is 5.91 Å². The maximum atomic E-state index is 15.7. The second-order valence-electron chi connectivity index (χ2n) is 8.09. The molecule has 3 N–H and O–H groups in total. The molecule has 2 aromatic heterocycles. The zero-order valence-corrected chi connectivity index (χ0v) is 17.9. The maximum Gasteiger partial charge on any atom is 0.254 e. The number of amides is 2. The number of pyridine rings is 1. The predicted octanol–water partition coefficient (Wildman–Crippen LogP) is 2.42. The monoisotopic (exact) mass is 453 g/mol. The van der Waals surface area contributed by atoms with Gasteiger partial charge in [0.05, 0.1) is 29.2 Å². The number of carbonyl (C=O) groups is 2. The number of halogens is 1. The van der Waals surface area contributed by atoms with Gasteiger partial charge < -0.3 is 20.9 Å². The van der Waals surface area contributed by atoms with Crippen molar-refractivity contribution in [3.63, 3.8) is 0 Å². The van der Waals surface area contributed by atoms with Gasteiger partial charge >= 0.3 is 0 Å². The molecule has 0 bridgehead atoms. The Labute approximate surface area is 193 Å². The van der Waals surface area contributed by atoms with E-state index in [9.17, 15) is 9.59 Å². The lowest BCUT2D eigenvalue weighted by molar-refractivity contribution is -0.117. The average molecular weight is 453 g/mol. The third-order valence-corrected chi connectivity index (χ3v) is 5.67. The van der Waals surface area contributed by atoms with E-state index in [4.69, 9.17) is 4.11 Å². The first kappa shape index (κ1) is 17.5. The number of hydrogen-bond donors (Lipinski definition) is 3. The number of aryl methyl sites for hydroxylation is 1. The highest BCUT2D eigenvalue weighted by atomic mass is 19.1. The largest absolute Gasteiger partial charge is 0.366 e. The molecule has 1 aliphatic carbocycles. The van der Waals surface area contributed by atoms with Crippen LogP contribution in [0.3, 0.4) is 0 Å². The summed E-state index contributed by atoms with van der Waals surface area (Å²) in [5, 5.41) is 16.1. The Bertz CT molecular complexity index is 1390. The Morgan fingerprint density at radius 1 is 1.24 bits per heavy atom. The summed E-state index contributed by atoms with van der Waals surface area (Å²) in [5.74, 6) is -2.94. The summed E-state index contributed by atoms with van der Waals surface area (Å²) in [4.78, 5) is 32.3. The Balaban J connectivity index is 1.59. The minimum Gasteiger partial charge on any atom is -0.366 e. The molecule has 1 aromatic carbocycles. The molecule has 33 heavy (non-hydrogen) atoms. The molecule has 2 aliphatic rings. The zero-order valence-electron chi connectivity index (χ0n) is 20.9. The van der Waals surface area contributed by atoms with Crippen LogP contribution in [0.25, 0.3) is 11.3 Å². The van der Waals surface area contributed by atoms with Crippen LogP contribution in [0.4, 0.5) is 27.3 Å². The minimum atomic E-state index is -2.79. The number of hydrogen-bond acceptors (Lipinski definition) is 7. The van der Waals surface area contributed by atoms with E-state index < -0.39 is 18.7 Å². The highest BCUT2D eigenvalue weighted by Gasteiger charge is 2.32. The zero-order chi connectivity index (χ0) is 25.8. The van der Waals surface area contributed by atoms with E-state index >= 15 is 4.39 Å². The minimum absolute atomic E-state index is 0.197. The number of para-hydroxylation sites is 1. The molecule has 0 saturated heterocycles. The summed E-state index contributed by atoms with van der Waals surface area (Å²) in [6.45, 7) is -2.35. The highest BCUT2D eigenvalue weighted by Crippen LogP contribution is 2.43. The molecule has 0 spiro atoms. The molecule has 0 radical (unpaired) electrons. The number of rotatable bonds is 5. The van der Waals surface area contributed by atoms with E-state index in [1.165, 1.54) is 4.80 Å². The van der Waals surface area contributed by atoms with Gasteiger partial charge in [0.25, 0.3) is 5.91 Å². The van der Waals surface area contributed by atoms with E-state index in [2.05, 4.69) is 25.8 Å². The Hall–Kier alpha value is -4.02. The molecule has 3 aromatic rings. The third-order valence-electron chi connectivity index (χ3n) is 5.67. The maximum absolute atomic E-state index is 15.7. The summed E-state index contributed by atoms with van der Waals surface area (Å²) >= 11 is 0. The lowest BCUT2D eigenvalue weighted by Gasteiger charge is -2.29. The Kier molecular flexibility index (Phi) is 4.16. The number of aromatic nitrogens is 4. The standard InChI is InChI=1S/C22H23FN8O2/c1-24-22(33)13-9-25-20(27-21(32)11-7-8-11)16(23)18(13)26-14-6-4-5-12-17-15(28-31(3)29-17)10-30(2)19(12)14/h4-6,9,11H,7-8,10H2,1-3H3,(H,24,33)(H2,25,26,27,32)/i1D3. The van der Waals surface area contributed by atoms with Crippen LogP contribution in [0.15, 0.2) is 24.4 Å². The number of benzene rings is 1. The summed E-state index contributed by atoms with van der Waals surface area (Å²) < 4.78 is 37.8. The fourth-order valence-corrected chi connectivity index (χ4v) is 3.95. The fourth-order valence-electron chi connectivity index (χ4n) is 3.95. The quantitative estimate of drug-likeness (QED) is 0.543. The van der Waals surface area contributed by atoms with Crippen LogP contribution in [0, 0.1) is 11.7 Å². The summed E-state index contributed by atoms with van der Waals surface area (Å²) in [5.41, 5.74) is 2.70. The van der Waals surface area contributed by atoms with Gasteiger partial charge in [-0.2, -0.15) is 15.0 Å². The molecule has 10 nitrogen and oxygen atoms in total. The first-order chi connectivity index (χ1) is 17.0. The molecular formula is C22H23FN8O2. The van der Waals surface area contributed by atoms with Gasteiger partial charge in [-0.05, 0) is 18.9 Å². The van der Waals surface area contributed by atoms with Crippen molar-refractivity contribution in [1.82, 2.24) is 25.3 Å². The lowest BCUT2D eigenvalue weighted by atomic mass is 10.0. The summed E-state index contributed by atoms with van der Waals surface area (Å²) in [7, 11) is 3.56. The normalized spacial score (nSPS) is 16.1. The smallest absolute Gasteiger partial charge is 0.254 e. The van der Waals surface area contributed by atoms with Crippen molar-refractivity contribution in [1.29, 1.82) is 0 Å². The van der Waals surface area contributed by atoms with Crippen molar-refractivity contribution in [3.8, 4) is 11.3 Å². The van der Waals surface area contributed by atoms with Crippen molar-refractivity contribution in [3.05, 3.63) is 41.5 Å². The van der Waals surface area contributed by atoms with E-state index in [-0.39, 0.29) is 28.9 Å². The van der Waals surface area contributed by atoms with E-state index in [0.717, 1.165) is 17.5 Å². The molecule has 170 valence electrons. The second kappa shape index (κ2) is 7.84. The Morgan fingerprint density at radius 3 is 2.82 bits per heavy atom. The van der Waals surface area contributed by atoms with Gasteiger partial charge in [0.1, 0.15) is 11.4 Å². The number of carbonyl (C=O) groups excluding carboxylic acids is 2. The summed E-state index contributed by atoms with van der Waals surface area (Å²) in [6.07, 6.45) is 2.46. The predicted molar refractivity (Wildman–Crippen MR) is 121 cm³/mol. The molecule has 0 unspecified atom stereocenters. The van der Waals surface area contributed by atoms with Crippen molar-refractivity contribution in [2.24, 2.45) is 13.0 Å². The van der Waals surface area contributed by atoms with Gasteiger partial charge in [0, 0.05) is 42.9 Å². The van der Waals surface area contributed by atoms with Crippen LogP contribution in [-0.4, -0.2) is 45.8 Å². The van der Waals surface area contributed by atoms with Gasteiger partial charge in [-0.1, -0.05) is 12.1 Å². The molecular weight excluding hydrogens is 427 g/mol. The lowest BCUT2D eigenvalue weighted by Crippen LogP contribution is -2.24. The molecule has 1 fully saturated rings. The van der Waals surface area contributed by atoms with Gasteiger partial charge in [-0.15, -0.1) is 0 Å². The van der Waals surface area contributed by atoms with Crippen LogP contribution < -0.4 is 20.9 Å². The van der Waals surface area contributed by atoms with E-state index in [1.807, 2.05) is 23.3 Å². The van der Waals surface area contributed by atoms with E-state index in [0.29, 0.717) is 36.5 Å². The third kappa shape index (κ3) is 3.65. The molecule has 5 rings (SSSR count). The van der Waals surface area contributed by atoms with Crippen LogP contribution in [0.2, 0.25) is 0 Å².